The van der Waals surface area contributed by atoms with Crippen molar-refractivity contribution in [2.75, 3.05) is 11.9 Å². The van der Waals surface area contributed by atoms with Gasteiger partial charge >= 0.3 is 0 Å². The van der Waals surface area contributed by atoms with Crippen LogP contribution in [0, 0.1) is 6.92 Å². The first-order chi connectivity index (χ1) is 12.5. The summed E-state index contributed by atoms with van der Waals surface area (Å²) in [6, 6.07) is 21.3. The smallest absolute Gasteiger partial charge is 0.262 e. The molecule has 0 saturated carbocycles. The minimum Gasteiger partial charge on any atom is -0.484 e. The van der Waals surface area contributed by atoms with E-state index in [9.17, 15) is 4.79 Å². The molecule has 3 nitrogen and oxygen atoms in total. The Hall–Kier alpha value is -2.30. The quantitative estimate of drug-likeness (QED) is 0.531. The molecule has 0 radical (unpaired) electrons. The second-order valence-corrected chi connectivity index (χ2v) is 7.17. The maximum Gasteiger partial charge on any atom is 0.262 e. The van der Waals surface area contributed by atoms with Gasteiger partial charge in [-0.15, -0.1) is 0 Å². The molecule has 3 aromatic rings. The van der Waals surface area contributed by atoms with Crippen molar-refractivity contribution in [2.24, 2.45) is 0 Å². The van der Waals surface area contributed by atoms with Gasteiger partial charge in [0.2, 0.25) is 0 Å². The molecule has 0 fully saturated rings. The Labute approximate surface area is 166 Å². The van der Waals surface area contributed by atoms with Crippen molar-refractivity contribution in [1.29, 1.82) is 0 Å². The van der Waals surface area contributed by atoms with Gasteiger partial charge < -0.3 is 10.1 Å². The van der Waals surface area contributed by atoms with Crippen molar-refractivity contribution < 1.29 is 9.53 Å². The summed E-state index contributed by atoms with van der Waals surface area (Å²) in [6.07, 6.45) is 0. The number of amides is 1. The van der Waals surface area contributed by atoms with E-state index >= 15 is 0 Å². The normalized spacial score (nSPS) is 10.4. The molecule has 0 aliphatic carbocycles. The largest absolute Gasteiger partial charge is 0.484 e. The van der Waals surface area contributed by atoms with Crippen LogP contribution in [0.25, 0.3) is 11.1 Å². The van der Waals surface area contributed by atoms with E-state index in [0.717, 1.165) is 15.6 Å². The van der Waals surface area contributed by atoms with Gasteiger partial charge in [0.05, 0.1) is 10.7 Å². The molecular weight excluding hydrogens is 414 g/mol. The Kier molecular flexibility index (Phi) is 5.96. The lowest BCUT2D eigenvalue weighted by molar-refractivity contribution is -0.118. The summed E-state index contributed by atoms with van der Waals surface area (Å²) >= 11 is 9.42. The van der Waals surface area contributed by atoms with Crippen molar-refractivity contribution in [2.45, 2.75) is 6.92 Å². The molecule has 132 valence electrons. The zero-order chi connectivity index (χ0) is 18.5. The van der Waals surface area contributed by atoms with Crippen LogP contribution in [0.4, 0.5) is 5.69 Å². The van der Waals surface area contributed by atoms with Gasteiger partial charge in [-0.1, -0.05) is 69.5 Å². The molecular formula is C21H17BrClNO2. The third-order valence-corrected chi connectivity index (χ3v) is 4.62. The summed E-state index contributed by atoms with van der Waals surface area (Å²) in [4.78, 5) is 12.0. The first-order valence-electron chi connectivity index (χ1n) is 8.06. The average Bonchev–Trinajstić information content (AvgIpc) is 2.63. The summed E-state index contributed by atoms with van der Waals surface area (Å²) in [7, 11) is 0. The number of rotatable bonds is 5. The van der Waals surface area contributed by atoms with Crippen LogP contribution in [0.1, 0.15) is 5.56 Å². The van der Waals surface area contributed by atoms with Crippen molar-refractivity contribution in [1.82, 2.24) is 0 Å². The van der Waals surface area contributed by atoms with Crippen LogP contribution in [0.3, 0.4) is 0 Å². The average molecular weight is 431 g/mol. The van der Waals surface area contributed by atoms with Gasteiger partial charge in [0, 0.05) is 4.47 Å². The van der Waals surface area contributed by atoms with Crippen LogP contribution >= 0.6 is 27.5 Å². The van der Waals surface area contributed by atoms with E-state index in [-0.39, 0.29) is 12.5 Å². The van der Waals surface area contributed by atoms with Crippen molar-refractivity contribution in [3.63, 3.8) is 0 Å². The van der Waals surface area contributed by atoms with E-state index in [1.807, 2.05) is 30.3 Å². The molecule has 26 heavy (non-hydrogen) atoms. The minimum absolute atomic E-state index is 0.0870. The molecule has 1 N–H and O–H groups in total. The monoisotopic (exact) mass is 429 g/mol. The number of hydrogen-bond donors (Lipinski definition) is 1. The van der Waals surface area contributed by atoms with E-state index in [4.69, 9.17) is 16.3 Å². The van der Waals surface area contributed by atoms with Crippen molar-refractivity contribution >= 4 is 39.1 Å². The van der Waals surface area contributed by atoms with E-state index in [2.05, 4.69) is 52.4 Å². The lowest BCUT2D eigenvalue weighted by Gasteiger charge is -2.10. The van der Waals surface area contributed by atoms with E-state index in [1.54, 1.807) is 12.1 Å². The fraction of sp³-hybridized carbons (Fsp3) is 0.0952. The molecule has 3 rings (SSSR count). The summed E-state index contributed by atoms with van der Waals surface area (Å²) in [5.41, 5.74) is 4.02. The molecule has 0 aromatic heterocycles. The lowest BCUT2D eigenvalue weighted by atomic mass is 10.0. The van der Waals surface area contributed by atoms with Crippen molar-refractivity contribution in [3.05, 3.63) is 81.8 Å². The number of aryl methyl sites for hydroxylation is 1. The predicted octanol–water partition coefficient (Wildman–Crippen LogP) is 6.10. The van der Waals surface area contributed by atoms with E-state index in [0.29, 0.717) is 16.5 Å². The minimum atomic E-state index is -0.267. The summed E-state index contributed by atoms with van der Waals surface area (Å²) in [6.45, 7) is 1.98. The van der Waals surface area contributed by atoms with E-state index < -0.39 is 0 Å². The van der Waals surface area contributed by atoms with Crippen LogP contribution in [0.15, 0.2) is 71.2 Å². The maximum absolute atomic E-state index is 12.0. The topological polar surface area (TPSA) is 38.3 Å². The van der Waals surface area contributed by atoms with Gasteiger partial charge in [-0.05, 0) is 48.4 Å². The van der Waals surface area contributed by atoms with E-state index in [1.165, 1.54) is 5.56 Å². The molecule has 0 bridgehead atoms. The molecule has 3 aromatic carbocycles. The molecule has 0 aliphatic rings. The van der Waals surface area contributed by atoms with Crippen LogP contribution < -0.4 is 10.1 Å². The highest BCUT2D eigenvalue weighted by atomic mass is 79.9. The SMILES string of the molecule is Cc1ccc(-c2ccc(OCC(=O)Nc3ccc(Br)cc3Cl)cc2)cc1. The highest BCUT2D eigenvalue weighted by Crippen LogP contribution is 2.26. The number of ether oxygens (including phenoxy) is 1. The maximum atomic E-state index is 12.0. The molecule has 1 amide bonds. The second kappa shape index (κ2) is 8.39. The van der Waals surface area contributed by atoms with Gasteiger partial charge in [-0.2, -0.15) is 0 Å². The Morgan fingerprint density at radius 2 is 1.62 bits per heavy atom. The molecule has 0 spiro atoms. The number of halogens is 2. The van der Waals surface area contributed by atoms with Crippen molar-refractivity contribution in [3.8, 4) is 16.9 Å². The van der Waals surface area contributed by atoms with Crippen LogP contribution in [-0.2, 0) is 4.79 Å². The van der Waals surface area contributed by atoms with Crippen LogP contribution in [0.2, 0.25) is 5.02 Å². The first-order valence-corrected chi connectivity index (χ1v) is 9.23. The number of hydrogen-bond acceptors (Lipinski definition) is 2. The first kappa shape index (κ1) is 18.5. The predicted molar refractivity (Wildman–Crippen MR) is 110 cm³/mol. The van der Waals surface area contributed by atoms with Gasteiger partial charge in [0.1, 0.15) is 5.75 Å². The summed E-state index contributed by atoms with van der Waals surface area (Å²) in [5, 5.41) is 3.20. The molecule has 5 heteroatoms. The summed E-state index contributed by atoms with van der Waals surface area (Å²) < 4.78 is 6.40. The third-order valence-electron chi connectivity index (χ3n) is 3.81. The van der Waals surface area contributed by atoms with Gasteiger partial charge in [-0.25, -0.2) is 0 Å². The zero-order valence-electron chi connectivity index (χ0n) is 14.1. The Balaban J connectivity index is 1.57. The number of anilines is 1. The zero-order valence-corrected chi connectivity index (χ0v) is 16.5. The highest BCUT2D eigenvalue weighted by Gasteiger charge is 2.07. The standard InChI is InChI=1S/C21H17BrClNO2/c1-14-2-4-15(5-3-14)16-6-9-18(10-7-16)26-13-21(25)24-20-11-8-17(22)12-19(20)23/h2-12H,13H2,1H3,(H,24,25). The number of nitrogens with one attached hydrogen (secondary N) is 1. The Morgan fingerprint density at radius 1 is 1.00 bits per heavy atom. The van der Waals surface area contributed by atoms with Gasteiger partial charge in [0.25, 0.3) is 5.91 Å². The summed E-state index contributed by atoms with van der Waals surface area (Å²) in [5.74, 6) is 0.370. The Morgan fingerprint density at radius 3 is 2.23 bits per heavy atom. The number of carbonyl (C=O) groups excluding carboxylic acids is 1. The molecule has 0 heterocycles. The fourth-order valence-electron chi connectivity index (χ4n) is 2.42. The highest BCUT2D eigenvalue weighted by molar-refractivity contribution is 9.10. The number of benzene rings is 3. The number of carbonyl (C=O) groups is 1. The fourth-order valence-corrected chi connectivity index (χ4v) is 3.14. The van der Waals surface area contributed by atoms with Gasteiger partial charge in [0.15, 0.2) is 6.61 Å². The second-order valence-electron chi connectivity index (χ2n) is 5.85. The Bertz CT molecular complexity index is 908. The lowest BCUT2D eigenvalue weighted by Crippen LogP contribution is -2.20. The molecule has 0 unspecified atom stereocenters. The van der Waals surface area contributed by atoms with Gasteiger partial charge in [-0.3, -0.25) is 4.79 Å². The molecule has 0 saturated heterocycles. The van der Waals surface area contributed by atoms with Crippen LogP contribution in [0.5, 0.6) is 5.75 Å². The molecule has 0 aliphatic heterocycles. The van der Waals surface area contributed by atoms with Crippen LogP contribution in [-0.4, -0.2) is 12.5 Å². The third kappa shape index (κ3) is 4.87. The molecule has 0 atom stereocenters.